The van der Waals surface area contributed by atoms with Crippen molar-refractivity contribution in [2.45, 2.75) is 91.5 Å². The van der Waals surface area contributed by atoms with E-state index in [1.165, 1.54) is 6.92 Å². The molecule has 1 aliphatic rings. The van der Waals surface area contributed by atoms with Crippen molar-refractivity contribution in [1.29, 1.82) is 0 Å². The SMILES string of the molecule is CC=CC1CC(C(=O)OC(C)(C)C)N([C@H](CC(=CO)NC(C)=O)C(=O)OC(C)(C)C)C1. The molecular formula is C23H38N2O6. The molecule has 0 aliphatic carbocycles. The van der Waals surface area contributed by atoms with Gasteiger partial charge in [-0.05, 0) is 60.8 Å². The molecule has 0 saturated carbocycles. The number of allylic oxidation sites excluding steroid dienone is 1. The maximum absolute atomic E-state index is 13.1. The lowest BCUT2D eigenvalue weighted by atomic mass is 10.0. The van der Waals surface area contributed by atoms with Crippen molar-refractivity contribution in [3.8, 4) is 0 Å². The lowest BCUT2D eigenvalue weighted by Crippen LogP contribution is -2.51. The second-order valence-corrected chi connectivity index (χ2v) is 9.86. The molecule has 8 heteroatoms. The number of hydrogen-bond acceptors (Lipinski definition) is 7. The summed E-state index contributed by atoms with van der Waals surface area (Å²) in [5.74, 6) is -1.27. The lowest BCUT2D eigenvalue weighted by Gasteiger charge is -2.34. The van der Waals surface area contributed by atoms with Crippen LogP contribution in [0, 0.1) is 5.92 Å². The molecule has 1 fully saturated rings. The van der Waals surface area contributed by atoms with Crippen LogP contribution in [0.2, 0.25) is 0 Å². The second kappa shape index (κ2) is 10.8. The van der Waals surface area contributed by atoms with E-state index >= 15 is 0 Å². The lowest BCUT2D eigenvalue weighted by molar-refractivity contribution is -0.167. The van der Waals surface area contributed by atoms with Crippen LogP contribution in [0.1, 0.15) is 68.2 Å². The van der Waals surface area contributed by atoms with Crippen LogP contribution in [-0.4, -0.2) is 57.7 Å². The highest BCUT2D eigenvalue weighted by atomic mass is 16.6. The third-order valence-corrected chi connectivity index (χ3v) is 4.50. The van der Waals surface area contributed by atoms with E-state index in [-0.39, 0.29) is 23.9 Å². The molecule has 176 valence electrons. The molecule has 1 rings (SSSR count). The van der Waals surface area contributed by atoms with Crippen molar-refractivity contribution >= 4 is 17.8 Å². The Balaban J connectivity index is 3.32. The summed E-state index contributed by atoms with van der Waals surface area (Å²) in [5.41, 5.74) is -1.24. The standard InChI is InChI=1S/C23H38N2O6/c1-9-10-16-11-18(20(28)30-22(3,4)5)25(13-16)19(21(29)31-23(6,7)8)12-17(14-26)24-15(2)27/h9-10,14,16,18-19,26H,11-13H2,1-8H3,(H,24,27)/t16?,18?,19-/m1/s1. The molecule has 1 heterocycles. The van der Waals surface area contributed by atoms with Crippen molar-refractivity contribution in [3.05, 3.63) is 24.1 Å². The summed E-state index contributed by atoms with van der Waals surface area (Å²) in [6, 6.07) is -1.55. The highest BCUT2D eigenvalue weighted by molar-refractivity contribution is 5.81. The Morgan fingerprint density at radius 3 is 2.16 bits per heavy atom. The molecule has 1 amide bonds. The minimum absolute atomic E-state index is 0.0210. The zero-order valence-corrected chi connectivity index (χ0v) is 20.0. The summed E-state index contributed by atoms with van der Waals surface area (Å²) < 4.78 is 11.2. The monoisotopic (exact) mass is 438 g/mol. The maximum atomic E-state index is 13.1. The summed E-state index contributed by atoms with van der Waals surface area (Å²) in [7, 11) is 0. The molecule has 1 aliphatic heterocycles. The van der Waals surface area contributed by atoms with Crippen LogP contribution in [0.25, 0.3) is 0 Å². The zero-order chi connectivity index (χ0) is 24.0. The fourth-order valence-corrected chi connectivity index (χ4v) is 3.53. The zero-order valence-electron chi connectivity index (χ0n) is 20.0. The van der Waals surface area contributed by atoms with Gasteiger partial charge in [0.15, 0.2) is 0 Å². The number of likely N-dealkylation sites (tertiary alicyclic amines) is 1. The summed E-state index contributed by atoms with van der Waals surface area (Å²) in [4.78, 5) is 39.4. The van der Waals surface area contributed by atoms with Crippen LogP contribution < -0.4 is 5.32 Å². The van der Waals surface area contributed by atoms with Gasteiger partial charge in [0, 0.05) is 19.9 Å². The number of amides is 1. The van der Waals surface area contributed by atoms with Crippen molar-refractivity contribution in [2.75, 3.05) is 6.54 Å². The van der Waals surface area contributed by atoms with Gasteiger partial charge >= 0.3 is 11.9 Å². The van der Waals surface area contributed by atoms with Gasteiger partial charge in [0.2, 0.25) is 5.91 Å². The molecule has 0 aromatic heterocycles. The minimum Gasteiger partial charge on any atom is -0.514 e. The first-order valence-corrected chi connectivity index (χ1v) is 10.6. The number of rotatable bonds is 7. The number of aliphatic hydroxyl groups excluding tert-OH is 1. The number of hydrogen-bond donors (Lipinski definition) is 2. The molecule has 3 atom stereocenters. The third-order valence-electron chi connectivity index (χ3n) is 4.50. The number of aliphatic hydroxyl groups is 1. The molecule has 0 aromatic rings. The van der Waals surface area contributed by atoms with E-state index in [0.29, 0.717) is 13.0 Å². The maximum Gasteiger partial charge on any atom is 0.324 e. The number of nitrogens with one attached hydrogen (secondary N) is 1. The smallest absolute Gasteiger partial charge is 0.324 e. The van der Waals surface area contributed by atoms with E-state index in [1.807, 2.05) is 19.1 Å². The van der Waals surface area contributed by atoms with Crippen LogP contribution in [0.3, 0.4) is 0 Å². The Labute approximate surface area is 185 Å². The number of ether oxygens (including phenoxy) is 2. The molecule has 2 N–H and O–H groups in total. The summed E-state index contributed by atoms with van der Waals surface area (Å²) in [6.45, 7) is 14.3. The molecular weight excluding hydrogens is 400 g/mol. The van der Waals surface area contributed by atoms with Gasteiger partial charge in [-0.2, -0.15) is 0 Å². The Morgan fingerprint density at radius 1 is 1.13 bits per heavy atom. The minimum atomic E-state index is -0.891. The van der Waals surface area contributed by atoms with E-state index in [1.54, 1.807) is 46.4 Å². The summed E-state index contributed by atoms with van der Waals surface area (Å²) in [5, 5.41) is 12.1. The highest BCUT2D eigenvalue weighted by Crippen LogP contribution is 2.31. The Morgan fingerprint density at radius 2 is 1.71 bits per heavy atom. The number of carbonyl (C=O) groups is 3. The quantitative estimate of drug-likeness (QED) is 0.357. The Bertz CT molecular complexity index is 715. The predicted octanol–water partition coefficient (Wildman–Crippen LogP) is 3.23. The Kier molecular flexibility index (Phi) is 9.29. The van der Waals surface area contributed by atoms with E-state index < -0.39 is 35.2 Å². The molecule has 1 saturated heterocycles. The first-order chi connectivity index (χ1) is 14.2. The van der Waals surface area contributed by atoms with Crippen molar-refractivity contribution in [3.63, 3.8) is 0 Å². The fourth-order valence-electron chi connectivity index (χ4n) is 3.53. The molecule has 0 bridgehead atoms. The van der Waals surface area contributed by atoms with Crippen LogP contribution in [-0.2, 0) is 23.9 Å². The van der Waals surface area contributed by atoms with Gasteiger partial charge in [-0.1, -0.05) is 12.2 Å². The highest BCUT2D eigenvalue weighted by Gasteiger charge is 2.45. The summed E-state index contributed by atoms with van der Waals surface area (Å²) in [6.07, 6.45) is 5.16. The topological polar surface area (TPSA) is 105 Å². The van der Waals surface area contributed by atoms with Gasteiger partial charge in [-0.3, -0.25) is 19.3 Å². The number of esters is 2. The number of carbonyl (C=O) groups excluding carboxylic acids is 3. The largest absolute Gasteiger partial charge is 0.514 e. The van der Waals surface area contributed by atoms with Crippen molar-refractivity contribution in [2.24, 2.45) is 5.92 Å². The molecule has 8 nitrogen and oxygen atoms in total. The first-order valence-electron chi connectivity index (χ1n) is 10.6. The molecule has 0 radical (unpaired) electrons. The van der Waals surface area contributed by atoms with Gasteiger partial charge in [0.05, 0.1) is 12.0 Å². The Hall–Kier alpha value is -2.35. The average Bonchev–Trinajstić information content (AvgIpc) is 2.99. The number of nitrogens with zero attached hydrogens (tertiary/aromatic N) is 1. The second-order valence-electron chi connectivity index (χ2n) is 9.86. The van der Waals surface area contributed by atoms with Gasteiger partial charge in [0.25, 0.3) is 0 Å². The van der Waals surface area contributed by atoms with E-state index in [0.717, 1.165) is 6.26 Å². The van der Waals surface area contributed by atoms with Crippen LogP contribution in [0.15, 0.2) is 24.1 Å². The first kappa shape index (κ1) is 26.7. The van der Waals surface area contributed by atoms with Crippen LogP contribution in [0.5, 0.6) is 0 Å². The van der Waals surface area contributed by atoms with Crippen LogP contribution >= 0.6 is 0 Å². The van der Waals surface area contributed by atoms with Crippen molar-refractivity contribution in [1.82, 2.24) is 10.2 Å². The molecule has 31 heavy (non-hydrogen) atoms. The average molecular weight is 439 g/mol. The molecule has 0 spiro atoms. The van der Waals surface area contributed by atoms with Gasteiger partial charge in [-0.15, -0.1) is 0 Å². The van der Waals surface area contributed by atoms with Gasteiger partial charge in [-0.25, -0.2) is 0 Å². The third kappa shape index (κ3) is 9.12. The van der Waals surface area contributed by atoms with E-state index in [2.05, 4.69) is 5.32 Å². The fraction of sp³-hybridized carbons (Fsp3) is 0.696. The predicted molar refractivity (Wildman–Crippen MR) is 118 cm³/mol. The van der Waals surface area contributed by atoms with Gasteiger partial charge in [0.1, 0.15) is 23.3 Å². The van der Waals surface area contributed by atoms with Crippen LogP contribution in [0.4, 0.5) is 0 Å². The molecule has 2 unspecified atom stereocenters. The van der Waals surface area contributed by atoms with Crippen molar-refractivity contribution < 1.29 is 29.0 Å². The van der Waals surface area contributed by atoms with Gasteiger partial charge < -0.3 is 19.9 Å². The van der Waals surface area contributed by atoms with E-state index in [9.17, 15) is 19.5 Å². The van der Waals surface area contributed by atoms with E-state index in [4.69, 9.17) is 9.47 Å². The summed E-state index contributed by atoms with van der Waals surface area (Å²) >= 11 is 0. The normalized spacial score (nSPS) is 21.7. The molecule has 0 aromatic carbocycles.